The van der Waals surface area contributed by atoms with Gasteiger partial charge in [0, 0.05) is 43.8 Å². The number of hydrogen-bond donors (Lipinski definition) is 4. The number of benzene rings is 1. The quantitative estimate of drug-likeness (QED) is 0.422. The topological polar surface area (TPSA) is 116 Å². The molecule has 3 heterocycles. The van der Waals surface area contributed by atoms with E-state index in [9.17, 15) is 9.18 Å². The molecule has 0 aliphatic carbocycles. The number of nitrogens with zero attached hydrogens (tertiary/aromatic N) is 2. The first-order valence-corrected chi connectivity index (χ1v) is 10.8. The normalized spacial score (nSPS) is 15.5. The molecule has 0 spiro atoms. The van der Waals surface area contributed by atoms with Crippen LogP contribution >= 0.6 is 0 Å². The smallest absolute Gasteiger partial charge is 0.255 e. The average Bonchev–Trinajstić information content (AvgIpc) is 3.22. The SMILES string of the molecule is CNc1cc(F)ccc1C(=N)c1cnc2[nH]cc(C(=O)N[C@H](C)CC3CCOCC3)c2n1. The lowest BCUT2D eigenvalue weighted by atomic mass is 9.93. The fourth-order valence-electron chi connectivity index (χ4n) is 4.11. The monoisotopic (exact) mass is 438 g/mol. The summed E-state index contributed by atoms with van der Waals surface area (Å²) in [4.78, 5) is 24.8. The number of fused-ring (bicyclic) bond motifs is 1. The Hall–Kier alpha value is -3.33. The van der Waals surface area contributed by atoms with Gasteiger partial charge in [0.25, 0.3) is 5.91 Å². The number of halogens is 1. The van der Waals surface area contributed by atoms with Crippen molar-refractivity contribution in [2.45, 2.75) is 32.2 Å². The van der Waals surface area contributed by atoms with Gasteiger partial charge >= 0.3 is 0 Å². The zero-order valence-electron chi connectivity index (χ0n) is 18.2. The highest BCUT2D eigenvalue weighted by atomic mass is 19.1. The summed E-state index contributed by atoms with van der Waals surface area (Å²) in [5.41, 5.74) is 2.61. The number of H-pyrrole nitrogens is 1. The summed E-state index contributed by atoms with van der Waals surface area (Å²) in [6.07, 6.45) is 5.99. The van der Waals surface area contributed by atoms with Crippen molar-refractivity contribution in [3.05, 3.63) is 53.2 Å². The summed E-state index contributed by atoms with van der Waals surface area (Å²) in [6.45, 7) is 3.56. The Morgan fingerprint density at radius 1 is 1.34 bits per heavy atom. The summed E-state index contributed by atoms with van der Waals surface area (Å²) in [7, 11) is 1.66. The van der Waals surface area contributed by atoms with Crippen LogP contribution in [0, 0.1) is 17.1 Å². The minimum atomic E-state index is -0.396. The molecule has 4 rings (SSSR count). The second kappa shape index (κ2) is 9.44. The molecule has 32 heavy (non-hydrogen) atoms. The fraction of sp³-hybridized carbons (Fsp3) is 0.391. The molecule has 1 saturated heterocycles. The van der Waals surface area contributed by atoms with Crippen molar-refractivity contribution in [1.82, 2.24) is 20.3 Å². The lowest BCUT2D eigenvalue weighted by Crippen LogP contribution is -2.35. The van der Waals surface area contributed by atoms with Gasteiger partial charge in [0.2, 0.25) is 0 Å². The van der Waals surface area contributed by atoms with Gasteiger partial charge in [0.05, 0.1) is 17.5 Å². The van der Waals surface area contributed by atoms with E-state index in [0.29, 0.717) is 39.6 Å². The third-order valence-corrected chi connectivity index (χ3v) is 5.81. The number of carbonyl (C=O) groups is 1. The molecule has 2 aromatic heterocycles. The Labute approximate surface area is 185 Å². The first kappa shape index (κ1) is 21.9. The summed E-state index contributed by atoms with van der Waals surface area (Å²) in [5.74, 6) is -0.0793. The van der Waals surface area contributed by atoms with Gasteiger partial charge in [0.1, 0.15) is 17.0 Å². The summed E-state index contributed by atoms with van der Waals surface area (Å²) in [5, 5.41) is 14.5. The molecule has 0 radical (unpaired) electrons. The van der Waals surface area contributed by atoms with E-state index in [1.165, 1.54) is 24.4 Å². The van der Waals surface area contributed by atoms with E-state index in [1.807, 2.05) is 6.92 Å². The summed E-state index contributed by atoms with van der Waals surface area (Å²) < 4.78 is 19.0. The van der Waals surface area contributed by atoms with Crippen molar-refractivity contribution in [2.75, 3.05) is 25.6 Å². The zero-order chi connectivity index (χ0) is 22.7. The maximum absolute atomic E-state index is 13.6. The number of nitrogens with one attached hydrogen (secondary N) is 4. The van der Waals surface area contributed by atoms with Crippen molar-refractivity contribution in [1.29, 1.82) is 5.41 Å². The molecule has 9 heteroatoms. The molecule has 1 fully saturated rings. The average molecular weight is 439 g/mol. The highest BCUT2D eigenvalue weighted by molar-refractivity contribution is 6.14. The highest BCUT2D eigenvalue weighted by Crippen LogP contribution is 2.23. The van der Waals surface area contributed by atoms with E-state index in [-0.39, 0.29) is 17.7 Å². The number of amides is 1. The van der Waals surface area contributed by atoms with Crippen LogP contribution in [-0.4, -0.2) is 52.9 Å². The number of ether oxygens (including phenoxy) is 1. The van der Waals surface area contributed by atoms with Crippen LogP contribution in [0.1, 0.15) is 47.8 Å². The molecule has 168 valence electrons. The van der Waals surface area contributed by atoms with Gasteiger partial charge in [0.15, 0.2) is 5.65 Å². The number of aromatic nitrogens is 3. The Balaban J connectivity index is 1.54. The van der Waals surface area contributed by atoms with Gasteiger partial charge in [-0.2, -0.15) is 0 Å². The maximum Gasteiger partial charge on any atom is 0.255 e. The van der Waals surface area contributed by atoms with Crippen LogP contribution in [0.2, 0.25) is 0 Å². The van der Waals surface area contributed by atoms with Crippen molar-refractivity contribution in [2.24, 2.45) is 5.92 Å². The van der Waals surface area contributed by atoms with E-state index in [0.717, 1.165) is 32.5 Å². The lowest BCUT2D eigenvalue weighted by molar-refractivity contribution is 0.0605. The van der Waals surface area contributed by atoms with Crippen molar-refractivity contribution in [3.8, 4) is 0 Å². The standard InChI is InChI=1S/C23H27FN6O2/c1-13(9-14-5-7-32-8-6-14)29-23(31)17-11-27-22-21(17)30-19(12-28-22)20(25)16-4-3-15(24)10-18(16)26-2/h3-4,10-14,25-26H,5-9H2,1-2H3,(H,27,28)(H,29,31)/t13-/m1/s1. The Morgan fingerprint density at radius 3 is 2.88 bits per heavy atom. The maximum atomic E-state index is 13.6. The summed E-state index contributed by atoms with van der Waals surface area (Å²) in [6, 6.07) is 4.16. The first-order valence-electron chi connectivity index (χ1n) is 10.8. The molecular formula is C23H27FN6O2. The van der Waals surface area contributed by atoms with Gasteiger partial charge in [-0.05, 0) is 50.3 Å². The number of aromatic amines is 1. The largest absolute Gasteiger partial charge is 0.387 e. The Bertz CT molecular complexity index is 1140. The molecule has 1 aliphatic heterocycles. The minimum absolute atomic E-state index is 0.0161. The lowest BCUT2D eigenvalue weighted by Gasteiger charge is -2.25. The molecule has 1 amide bonds. The van der Waals surface area contributed by atoms with Crippen LogP contribution in [0.4, 0.5) is 10.1 Å². The van der Waals surface area contributed by atoms with Crippen LogP contribution in [0.25, 0.3) is 11.2 Å². The molecule has 0 saturated carbocycles. The number of rotatable bonds is 7. The summed E-state index contributed by atoms with van der Waals surface area (Å²) >= 11 is 0. The van der Waals surface area contributed by atoms with E-state index in [4.69, 9.17) is 10.1 Å². The predicted octanol–water partition coefficient (Wildman–Crippen LogP) is 3.49. The Kier molecular flexibility index (Phi) is 6.45. The van der Waals surface area contributed by atoms with E-state index < -0.39 is 5.82 Å². The molecule has 0 bridgehead atoms. The first-order chi connectivity index (χ1) is 15.5. The number of carbonyl (C=O) groups excluding carboxylic acids is 1. The molecule has 1 atom stereocenters. The highest BCUT2D eigenvalue weighted by Gasteiger charge is 2.21. The predicted molar refractivity (Wildman–Crippen MR) is 121 cm³/mol. The van der Waals surface area contributed by atoms with Crippen LogP contribution in [-0.2, 0) is 4.74 Å². The molecule has 0 unspecified atom stereocenters. The van der Waals surface area contributed by atoms with E-state index in [1.54, 1.807) is 13.2 Å². The molecule has 4 N–H and O–H groups in total. The van der Waals surface area contributed by atoms with Gasteiger partial charge in [-0.15, -0.1) is 0 Å². The number of hydrogen-bond acceptors (Lipinski definition) is 6. The second-order valence-electron chi connectivity index (χ2n) is 8.14. The third-order valence-electron chi connectivity index (χ3n) is 5.81. The fourth-order valence-corrected chi connectivity index (χ4v) is 4.11. The molecular weight excluding hydrogens is 411 g/mol. The third kappa shape index (κ3) is 4.62. The van der Waals surface area contributed by atoms with Gasteiger partial charge in [-0.3, -0.25) is 10.2 Å². The molecule has 8 nitrogen and oxygen atoms in total. The molecule has 3 aromatic rings. The zero-order valence-corrected chi connectivity index (χ0v) is 18.2. The van der Waals surface area contributed by atoms with Crippen molar-refractivity contribution < 1.29 is 13.9 Å². The minimum Gasteiger partial charge on any atom is -0.387 e. The number of anilines is 1. The van der Waals surface area contributed by atoms with Crippen molar-refractivity contribution in [3.63, 3.8) is 0 Å². The Morgan fingerprint density at radius 2 is 2.12 bits per heavy atom. The van der Waals surface area contributed by atoms with Gasteiger partial charge in [-0.25, -0.2) is 14.4 Å². The van der Waals surface area contributed by atoms with Gasteiger partial charge in [-0.1, -0.05) is 0 Å². The van der Waals surface area contributed by atoms with Crippen LogP contribution in [0.15, 0.2) is 30.6 Å². The van der Waals surface area contributed by atoms with E-state index in [2.05, 4.69) is 25.6 Å². The van der Waals surface area contributed by atoms with Crippen molar-refractivity contribution >= 4 is 28.5 Å². The second-order valence-corrected chi connectivity index (χ2v) is 8.14. The molecule has 1 aromatic carbocycles. The van der Waals surface area contributed by atoms with E-state index >= 15 is 0 Å². The molecule has 1 aliphatic rings. The van der Waals surface area contributed by atoms with Crippen LogP contribution in [0.5, 0.6) is 0 Å². The van der Waals surface area contributed by atoms with Crippen LogP contribution < -0.4 is 10.6 Å². The van der Waals surface area contributed by atoms with Crippen LogP contribution in [0.3, 0.4) is 0 Å². The van der Waals surface area contributed by atoms with Gasteiger partial charge < -0.3 is 20.4 Å².